The van der Waals surface area contributed by atoms with Crippen LogP contribution in [0.15, 0.2) is 88.9 Å². The molecule has 0 saturated carbocycles. The van der Waals surface area contributed by atoms with Gasteiger partial charge in [-0.25, -0.2) is 13.4 Å². The first-order chi connectivity index (χ1) is 18.4. The minimum absolute atomic E-state index is 0.0719. The van der Waals surface area contributed by atoms with Gasteiger partial charge in [0, 0.05) is 23.5 Å². The summed E-state index contributed by atoms with van der Waals surface area (Å²) < 4.78 is 38.7. The SMILES string of the molecule is CCOc1ccc(NS(=O)(=O)c2ccc(OCC(=O)NCCSc3n[nH]c(-c4ccccc4)n3)cc2)cc1. The van der Waals surface area contributed by atoms with Crippen molar-refractivity contribution in [2.75, 3.05) is 30.2 Å². The van der Waals surface area contributed by atoms with Crippen LogP contribution in [-0.2, 0) is 14.8 Å². The molecule has 12 heteroatoms. The molecular weight excluding hydrogens is 526 g/mol. The first-order valence-electron chi connectivity index (χ1n) is 11.8. The Morgan fingerprint density at radius 3 is 2.34 bits per heavy atom. The number of aromatic nitrogens is 3. The third kappa shape index (κ3) is 7.73. The largest absolute Gasteiger partial charge is 0.494 e. The highest BCUT2D eigenvalue weighted by Gasteiger charge is 2.15. The molecule has 10 nitrogen and oxygen atoms in total. The lowest BCUT2D eigenvalue weighted by Gasteiger charge is -2.10. The number of carbonyl (C=O) groups excluding carboxylic acids is 1. The van der Waals surface area contributed by atoms with Crippen LogP contribution >= 0.6 is 11.8 Å². The van der Waals surface area contributed by atoms with Crippen LogP contribution in [0.3, 0.4) is 0 Å². The number of anilines is 1. The number of carbonyl (C=O) groups is 1. The van der Waals surface area contributed by atoms with Crippen LogP contribution in [0.1, 0.15) is 6.92 Å². The minimum Gasteiger partial charge on any atom is -0.494 e. The average Bonchev–Trinajstić information content (AvgIpc) is 3.41. The normalized spacial score (nSPS) is 11.1. The first kappa shape index (κ1) is 27.0. The number of rotatable bonds is 13. The predicted molar refractivity (Wildman–Crippen MR) is 146 cm³/mol. The second-order valence-electron chi connectivity index (χ2n) is 7.85. The van der Waals surface area contributed by atoms with Crippen LogP contribution in [0.5, 0.6) is 11.5 Å². The highest BCUT2D eigenvalue weighted by molar-refractivity contribution is 7.99. The van der Waals surface area contributed by atoms with Gasteiger partial charge in [0.05, 0.1) is 11.5 Å². The van der Waals surface area contributed by atoms with E-state index in [0.717, 1.165) is 5.56 Å². The quantitative estimate of drug-likeness (QED) is 0.167. The Kier molecular flexibility index (Phi) is 9.22. The number of amides is 1. The molecule has 0 atom stereocenters. The molecule has 4 aromatic rings. The fourth-order valence-electron chi connectivity index (χ4n) is 3.28. The zero-order valence-electron chi connectivity index (χ0n) is 20.6. The number of ether oxygens (including phenoxy) is 2. The van der Waals surface area contributed by atoms with Crippen LogP contribution in [-0.4, -0.2) is 55.0 Å². The summed E-state index contributed by atoms with van der Waals surface area (Å²) in [4.78, 5) is 16.6. The van der Waals surface area contributed by atoms with Gasteiger partial charge in [0.25, 0.3) is 15.9 Å². The summed E-state index contributed by atoms with van der Waals surface area (Å²) in [5, 5.41) is 10.5. The number of H-pyrrole nitrogens is 1. The Morgan fingerprint density at radius 1 is 0.947 bits per heavy atom. The second-order valence-corrected chi connectivity index (χ2v) is 10.6. The van der Waals surface area contributed by atoms with Crippen LogP contribution in [0.4, 0.5) is 5.69 Å². The van der Waals surface area contributed by atoms with E-state index in [1.165, 1.54) is 36.0 Å². The molecule has 0 saturated heterocycles. The molecule has 1 amide bonds. The van der Waals surface area contributed by atoms with Crippen molar-refractivity contribution < 1.29 is 22.7 Å². The number of thioether (sulfide) groups is 1. The van der Waals surface area contributed by atoms with Crippen LogP contribution < -0.4 is 19.5 Å². The summed E-state index contributed by atoms with van der Waals surface area (Å²) in [6.07, 6.45) is 0. The molecule has 0 unspecified atom stereocenters. The minimum atomic E-state index is -3.78. The van der Waals surface area contributed by atoms with E-state index in [1.807, 2.05) is 37.3 Å². The molecule has 0 aliphatic carbocycles. The summed E-state index contributed by atoms with van der Waals surface area (Å²) in [7, 11) is -3.78. The van der Waals surface area contributed by atoms with E-state index in [4.69, 9.17) is 9.47 Å². The standard InChI is InChI=1S/C26H27N5O5S2/c1-2-35-21-10-8-20(9-11-21)31-38(33,34)23-14-12-22(13-15-23)36-18-24(32)27-16-17-37-26-28-25(29-30-26)19-6-4-3-5-7-19/h3-15,31H,2,16-18H2,1H3,(H,27,32)(H,28,29,30). The van der Waals surface area contributed by atoms with Crippen LogP contribution in [0.2, 0.25) is 0 Å². The van der Waals surface area contributed by atoms with E-state index >= 15 is 0 Å². The number of hydrogen-bond donors (Lipinski definition) is 3. The molecule has 0 aliphatic heterocycles. The molecule has 1 aromatic heterocycles. The lowest BCUT2D eigenvalue weighted by molar-refractivity contribution is -0.122. The van der Waals surface area contributed by atoms with Gasteiger partial charge in [-0.1, -0.05) is 42.1 Å². The van der Waals surface area contributed by atoms with E-state index in [-0.39, 0.29) is 17.4 Å². The molecule has 198 valence electrons. The molecule has 1 heterocycles. The first-order valence-corrected chi connectivity index (χ1v) is 14.3. The molecular formula is C26H27N5O5S2. The summed E-state index contributed by atoms with van der Waals surface area (Å²) in [5.74, 6) is 2.03. The lowest BCUT2D eigenvalue weighted by Crippen LogP contribution is -2.30. The number of hydrogen-bond acceptors (Lipinski definition) is 8. The van der Waals surface area contributed by atoms with Crippen molar-refractivity contribution >= 4 is 33.4 Å². The smallest absolute Gasteiger partial charge is 0.261 e. The molecule has 0 aliphatic rings. The molecule has 0 spiro atoms. The summed E-state index contributed by atoms with van der Waals surface area (Å²) in [6.45, 7) is 2.62. The van der Waals surface area contributed by atoms with Crippen LogP contribution in [0.25, 0.3) is 11.4 Å². The Bertz CT molecular complexity index is 1430. The second kappa shape index (κ2) is 13.0. The zero-order chi connectivity index (χ0) is 26.8. The molecule has 3 aromatic carbocycles. The maximum atomic E-state index is 12.7. The van der Waals surface area contributed by atoms with Gasteiger partial charge in [-0.3, -0.25) is 14.6 Å². The van der Waals surface area contributed by atoms with Gasteiger partial charge >= 0.3 is 0 Å². The third-order valence-electron chi connectivity index (χ3n) is 5.09. The summed E-state index contributed by atoms with van der Waals surface area (Å²) in [6, 6.07) is 22.2. The number of sulfonamides is 1. The van der Waals surface area contributed by atoms with E-state index in [9.17, 15) is 13.2 Å². The highest BCUT2D eigenvalue weighted by Crippen LogP contribution is 2.22. The number of nitrogens with one attached hydrogen (secondary N) is 3. The summed E-state index contributed by atoms with van der Waals surface area (Å²) >= 11 is 1.42. The average molecular weight is 554 g/mol. The molecule has 0 fully saturated rings. The van der Waals surface area contributed by atoms with Gasteiger partial charge in [-0.05, 0) is 55.5 Å². The fraction of sp³-hybridized carbons (Fsp3) is 0.192. The number of nitrogens with zero attached hydrogens (tertiary/aromatic N) is 2. The van der Waals surface area contributed by atoms with E-state index in [1.54, 1.807) is 24.3 Å². The van der Waals surface area contributed by atoms with E-state index in [2.05, 4.69) is 25.2 Å². The Hall–Kier alpha value is -4.03. The number of aromatic amines is 1. The predicted octanol–water partition coefficient (Wildman–Crippen LogP) is 3.96. The van der Waals surface area contributed by atoms with Crippen molar-refractivity contribution in [2.24, 2.45) is 0 Å². The Labute approximate surface area is 225 Å². The van der Waals surface area contributed by atoms with Crippen molar-refractivity contribution in [3.63, 3.8) is 0 Å². The molecule has 3 N–H and O–H groups in total. The van der Waals surface area contributed by atoms with Gasteiger partial charge in [-0.15, -0.1) is 5.10 Å². The lowest BCUT2D eigenvalue weighted by atomic mass is 10.2. The van der Waals surface area contributed by atoms with Gasteiger partial charge < -0.3 is 14.8 Å². The highest BCUT2D eigenvalue weighted by atomic mass is 32.2. The fourth-order valence-corrected chi connectivity index (χ4v) is 5.00. The van der Waals surface area contributed by atoms with Crippen LogP contribution in [0, 0.1) is 0 Å². The molecule has 0 radical (unpaired) electrons. The van der Waals surface area contributed by atoms with E-state index in [0.29, 0.717) is 47.1 Å². The Morgan fingerprint density at radius 2 is 1.63 bits per heavy atom. The van der Waals surface area contributed by atoms with Crippen molar-refractivity contribution in [1.29, 1.82) is 0 Å². The van der Waals surface area contributed by atoms with Crippen molar-refractivity contribution in [1.82, 2.24) is 20.5 Å². The summed E-state index contributed by atoms with van der Waals surface area (Å²) in [5.41, 5.74) is 1.37. The van der Waals surface area contributed by atoms with Crippen molar-refractivity contribution in [3.8, 4) is 22.9 Å². The zero-order valence-corrected chi connectivity index (χ0v) is 22.2. The number of benzene rings is 3. The molecule has 4 rings (SSSR count). The maximum absolute atomic E-state index is 12.7. The van der Waals surface area contributed by atoms with Crippen molar-refractivity contribution in [2.45, 2.75) is 17.0 Å². The van der Waals surface area contributed by atoms with Gasteiger partial charge in [-0.2, -0.15) is 0 Å². The monoisotopic (exact) mass is 553 g/mol. The van der Waals surface area contributed by atoms with Gasteiger partial charge in [0.15, 0.2) is 12.4 Å². The molecule has 38 heavy (non-hydrogen) atoms. The third-order valence-corrected chi connectivity index (χ3v) is 7.34. The topological polar surface area (TPSA) is 135 Å². The van der Waals surface area contributed by atoms with Gasteiger partial charge in [0.2, 0.25) is 5.16 Å². The van der Waals surface area contributed by atoms with Gasteiger partial charge in [0.1, 0.15) is 11.5 Å². The Balaban J connectivity index is 1.18. The van der Waals surface area contributed by atoms with E-state index < -0.39 is 10.0 Å². The molecule has 0 bridgehead atoms. The van der Waals surface area contributed by atoms with Crippen molar-refractivity contribution in [3.05, 3.63) is 78.9 Å². The maximum Gasteiger partial charge on any atom is 0.261 e.